The van der Waals surface area contributed by atoms with Gasteiger partial charge in [0.25, 0.3) is 0 Å². The van der Waals surface area contributed by atoms with Crippen molar-refractivity contribution in [2.75, 3.05) is 0 Å². The van der Waals surface area contributed by atoms with Gasteiger partial charge in [0.15, 0.2) is 0 Å². The predicted octanol–water partition coefficient (Wildman–Crippen LogP) is 4.92. The van der Waals surface area contributed by atoms with E-state index in [4.69, 9.17) is 0 Å². The van der Waals surface area contributed by atoms with Gasteiger partial charge in [0.05, 0.1) is 0 Å². The van der Waals surface area contributed by atoms with E-state index in [1.165, 1.54) is 0 Å². The Bertz CT molecular complexity index is 2310. The van der Waals surface area contributed by atoms with Crippen molar-refractivity contribution in [3.63, 3.8) is 0 Å². The Morgan fingerprint density at radius 1 is 0.250 bits per heavy atom. The second kappa shape index (κ2) is 34.8. The van der Waals surface area contributed by atoms with Crippen molar-refractivity contribution in [2.24, 2.45) is 47.3 Å². The molecule has 0 bridgehead atoms. The molecule has 468 valence electrons. The van der Waals surface area contributed by atoms with Gasteiger partial charge in [-0.05, 0) is 97.0 Å². The van der Waals surface area contributed by atoms with E-state index in [1.54, 1.807) is 76.2 Å². The van der Waals surface area contributed by atoms with Crippen molar-refractivity contribution in [3.8, 4) is 0 Å². The average molecular weight is 1170 g/mol. The van der Waals surface area contributed by atoms with E-state index < -0.39 is 131 Å². The Kier molecular flexibility index (Phi) is 29.6. The average Bonchev–Trinajstić information content (AvgIpc) is 3.36. The third-order valence-corrected chi connectivity index (χ3v) is 14.4. The fourth-order valence-corrected chi connectivity index (χ4v) is 10.1. The highest BCUT2D eigenvalue weighted by molar-refractivity contribution is 5.99. The minimum atomic E-state index is -1.27. The molecule has 2 aromatic rings. The van der Waals surface area contributed by atoms with Gasteiger partial charge in [0.2, 0.25) is 59.1 Å². The molecular weight excluding hydrogens is 1070 g/mol. The standard InChI is InChI=1S/C64H102N10O10/c1-35(2)27-45-55(75)67-49(31-39(9)10)61(81)73-53(41(13)14)63(83)72-48(30-38(7)8)58(78)70-52(34-44-25-21-18-22-26-44)60(80)66-46(28-36(3)4)56(76)68-50(32-40(11)12)62(82)74-54(42(15)16)64(84)71-47(29-37(5)6)57(77)69-51(59(79)65-45)33-43-23-19-17-20-24-43/h17-26,35-42,45-54H,27-34H2,1-16H3,(H,65,79)(H,66,80)(H,67,75)(H,68,76)(H,69,77)(H,70,78)(H,71,84)(H,72,83)(H,73,81)(H,74,82)/t45-,46-,47+,48+,49+,50+,51-,52-,53-,54-/m0/s1. The molecule has 20 nitrogen and oxygen atoms in total. The zero-order valence-corrected chi connectivity index (χ0v) is 52.9. The van der Waals surface area contributed by atoms with Gasteiger partial charge in [-0.1, -0.05) is 171 Å². The topological polar surface area (TPSA) is 291 Å². The zero-order valence-electron chi connectivity index (χ0n) is 52.9. The van der Waals surface area contributed by atoms with Crippen LogP contribution in [0.4, 0.5) is 0 Å². The molecule has 1 aliphatic heterocycles. The summed E-state index contributed by atoms with van der Waals surface area (Å²) in [5.41, 5.74) is 1.38. The fourth-order valence-electron chi connectivity index (χ4n) is 10.1. The van der Waals surface area contributed by atoms with Crippen LogP contribution in [0.1, 0.15) is 160 Å². The van der Waals surface area contributed by atoms with Crippen molar-refractivity contribution in [1.82, 2.24) is 53.2 Å². The van der Waals surface area contributed by atoms with Gasteiger partial charge >= 0.3 is 0 Å². The van der Waals surface area contributed by atoms with E-state index in [1.807, 2.05) is 95.2 Å². The van der Waals surface area contributed by atoms with Crippen LogP contribution in [0.3, 0.4) is 0 Å². The molecule has 20 heteroatoms. The molecule has 0 spiro atoms. The minimum Gasteiger partial charge on any atom is -0.343 e. The molecule has 0 aromatic heterocycles. The number of hydrogen-bond donors (Lipinski definition) is 10. The number of benzene rings is 2. The van der Waals surface area contributed by atoms with E-state index in [-0.39, 0.29) is 86.9 Å². The molecular formula is C64H102N10O10. The summed E-state index contributed by atoms with van der Waals surface area (Å²) >= 11 is 0. The van der Waals surface area contributed by atoms with E-state index >= 15 is 0 Å². The number of hydrogen-bond acceptors (Lipinski definition) is 10. The van der Waals surface area contributed by atoms with Crippen LogP contribution in [0, 0.1) is 47.3 Å². The summed E-state index contributed by atoms with van der Waals surface area (Å²) in [6.45, 7) is 29.4. The normalized spacial score (nSPS) is 25.0. The van der Waals surface area contributed by atoms with E-state index in [9.17, 15) is 47.9 Å². The predicted molar refractivity (Wildman–Crippen MR) is 326 cm³/mol. The zero-order chi connectivity index (χ0) is 63.1. The molecule has 10 amide bonds. The number of nitrogens with one attached hydrogen (secondary N) is 10. The maximum Gasteiger partial charge on any atom is 0.243 e. The number of rotatable bonds is 18. The Hall–Kier alpha value is -6.86. The molecule has 0 saturated carbocycles. The van der Waals surface area contributed by atoms with Gasteiger partial charge in [0, 0.05) is 12.8 Å². The second-order valence-electron chi connectivity index (χ2n) is 26.1. The van der Waals surface area contributed by atoms with Gasteiger partial charge in [-0.3, -0.25) is 47.9 Å². The van der Waals surface area contributed by atoms with Gasteiger partial charge in [0.1, 0.15) is 60.4 Å². The van der Waals surface area contributed by atoms with Crippen LogP contribution >= 0.6 is 0 Å². The van der Waals surface area contributed by atoms with Crippen molar-refractivity contribution in [3.05, 3.63) is 71.8 Å². The quantitative estimate of drug-likeness (QED) is 0.0961. The Morgan fingerprint density at radius 2 is 0.429 bits per heavy atom. The largest absolute Gasteiger partial charge is 0.343 e. The Morgan fingerprint density at radius 3 is 0.631 bits per heavy atom. The molecule has 10 N–H and O–H groups in total. The molecule has 1 aliphatic rings. The van der Waals surface area contributed by atoms with Crippen LogP contribution < -0.4 is 53.2 Å². The third kappa shape index (κ3) is 24.8. The summed E-state index contributed by atoms with van der Waals surface area (Å²) < 4.78 is 0. The van der Waals surface area contributed by atoms with Crippen LogP contribution in [-0.2, 0) is 60.8 Å². The number of amides is 10. The third-order valence-electron chi connectivity index (χ3n) is 14.4. The molecule has 2 aromatic carbocycles. The maximum absolute atomic E-state index is 14.7. The summed E-state index contributed by atoms with van der Waals surface area (Å²) in [7, 11) is 0. The van der Waals surface area contributed by atoms with Crippen LogP contribution in [0.15, 0.2) is 60.7 Å². The molecule has 1 heterocycles. The monoisotopic (exact) mass is 1170 g/mol. The van der Waals surface area contributed by atoms with Crippen LogP contribution in [-0.4, -0.2) is 119 Å². The lowest BCUT2D eigenvalue weighted by atomic mass is 9.96. The molecule has 10 atom stereocenters. The smallest absolute Gasteiger partial charge is 0.243 e. The summed E-state index contributed by atoms with van der Waals surface area (Å²) in [5, 5.41) is 28.6. The SMILES string of the molecule is CC(C)C[C@@H]1NC(=O)[C@H](Cc2ccccc2)NC(=O)[C@@H](CC(C)C)NC(=O)[C@H](C(C)C)NC(=O)[C@@H](CC(C)C)NC(=O)[C@H](CC(C)C)NC(=O)[C@H](Cc2ccccc2)NC(=O)[C@@H](CC(C)C)NC(=O)[C@H](C(C)C)NC(=O)[C@@H](CC(C)C)NC1=O. The highest BCUT2D eigenvalue weighted by Crippen LogP contribution is 2.17. The first kappa shape index (κ1) is 71.4. The van der Waals surface area contributed by atoms with E-state index in [2.05, 4.69) is 53.2 Å². The van der Waals surface area contributed by atoms with Crippen molar-refractivity contribution >= 4 is 59.1 Å². The number of carbonyl (C=O) groups excluding carboxylic acids is 10. The van der Waals surface area contributed by atoms with Gasteiger partial charge < -0.3 is 53.2 Å². The first-order valence-electron chi connectivity index (χ1n) is 30.5. The van der Waals surface area contributed by atoms with Gasteiger partial charge in [-0.15, -0.1) is 0 Å². The minimum absolute atomic E-state index is 0.00287. The molecule has 3 rings (SSSR count). The van der Waals surface area contributed by atoms with Crippen LogP contribution in [0.5, 0.6) is 0 Å². The Balaban J connectivity index is 2.29. The molecule has 1 fully saturated rings. The fraction of sp³-hybridized carbons (Fsp3) is 0.656. The lowest BCUT2D eigenvalue weighted by Gasteiger charge is -2.31. The first-order valence-corrected chi connectivity index (χ1v) is 30.5. The van der Waals surface area contributed by atoms with Crippen LogP contribution in [0.2, 0.25) is 0 Å². The highest BCUT2D eigenvalue weighted by atomic mass is 16.2. The van der Waals surface area contributed by atoms with Crippen molar-refractivity contribution in [1.29, 1.82) is 0 Å². The Labute approximate surface area is 500 Å². The van der Waals surface area contributed by atoms with Crippen LogP contribution in [0.25, 0.3) is 0 Å². The lowest BCUT2D eigenvalue weighted by molar-refractivity contribution is -0.137. The molecule has 0 unspecified atom stereocenters. The molecule has 1 saturated heterocycles. The molecule has 0 radical (unpaired) electrons. The second-order valence-corrected chi connectivity index (χ2v) is 26.1. The highest BCUT2D eigenvalue weighted by Gasteiger charge is 2.39. The van der Waals surface area contributed by atoms with Gasteiger partial charge in [-0.25, -0.2) is 0 Å². The summed E-state index contributed by atoms with van der Waals surface area (Å²) in [6, 6.07) is 5.81. The number of carbonyl (C=O) groups is 10. The van der Waals surface area contributed by atoms with Gasteiger partial charge in [-0.2, -0.15) is 0 Å². The first-order chi connectivity index (χ1) is 39.3. The maximum atomic E-state index is 14.7. The lowest BCUT2D eigenvalue weighted by Crippen LogP contribution is -2.62. The summed E-state index contributed by atoms with van der Waals surface area (Å²) in [5.74, 6) is -8.73. The summed E-state index contributed by atoms with van der Waals surface area (Å²) in [4.78, 5) is 146. The van der Waals surface area contributed by atoms with Crippen molar-refractivity contribution in [2.45, 2.75) is 223 Å². The van der Waals surface area contributed by atoms with E-state index in [0.29, 0.717) is 11.1 Å². The molecule has 84 heavy (non-hydrogen) atoms. The van der Waals surface area contributed by atoms with E-state index in [0.717, 1.165) is 0 Å². The molecule has 0 aliphatic carbocycles. The van der Waals surface area contributed by atoms with Crippen molar-refractivity contribution < 1.29 is 47.9 Å². The summed E-state index contributed by atoms with van der Waals surface area (Å²) in [6.07, 6.45) is 0.827.